The summed E-state index contributed by atoms with van der Waals surface area (Å²) in [5.41, 5.74) is 34.6. The lowest BCUT2D eigenvalue weighted by Gasteiger charge is -2.34. The molecule has 2 saturated heterocycles. The molecule has 0 bridgehead atoms. The maximum absolute atomic E-state index is 14.0. The number of methoxy groups -OCH3 is 1. The molecule has 10 N–H and O–H groups in total. The summed E-state index contributed by atoms with van der Waals surface area (Å²) in [6.45, 7) is 11.5. The molecule has 22 nitrogen and oxygen atoms in total. The molecule has 0 spiro atoms. The first-order chi connectivity index (χ1) is 55.5. The van der Waals surface area contributed by atoms with Gasteiger partial charge in [0.25, 0.3) is 11.8 Å². The molecule has 6 amide bonds. The van der Waals surface area contributed by atoms with E-state index in [9.17, 15) is 23.6 Å². The number of aliphatic imine (C=N–C) groups is 4. The van der Waals surface area contributed by atoms with Crippen molar-refractivity contribution in [2.75, 3.05) is 78.9 Å². The monoisotopic (exact) mass is 1540 g/mol. The number of likely N-dealkylation sites (tertiary alicyclic amines) is 2. The van der Waals surface area contributed by atoms with Crippen molar-refractivity contribution in [3.8, 4) is 28.0 Å². The van der Waals surface area contributed by atoms with E-state index >= 15 is 0 Å². The van der Waals surface area contributed by atoms with Crippen molar-refractivity contribution >= 4 is 53.4 Å². The van der Waals surface area contributed by atoms with Gasteiger partial charge in [-0.1, -0.05) is 206 Å². The second-order valence-corrected chi connectivity index (χ2v) is 30.4. The molecule has 115 heavy (non-hydrogen) atoms. The number of anilines is 1. The van der Waals surface area contributed by atoms with Crippen molar-refractivity contribution in [2.45, 2.75) is 75.2 Å². The van der Waals surface area contributed by atoms with Crippen LogP contribution in [0.15, 0.2) is 287 Å². The normalized spacial score (nSPS) is 19.0. The first-order valence-corrected chi connectivity index (χ1v) is 38.9. The molecule has 16 rings (SSSR count). The van der Waals surface area contributed by atoms with Gasteiger partial charge in [-0.15, -0.1) is 0 Å². The maximum Gasteiger partial charge on any atom is 0.321 e. The molecule has 0 saturated carbocycles. The number of rotatable bonds is 16. The molecule has 2 atom stereocenters. The summed E-state index contributed by atoms with van der Waals surface area (Å²) in [7, 11) is 5.56. The molecule has 0 aliphatic carbocycles. The van der Waals surface area contributed by atoms with E-state index in [1.54, 1.807) is 40.1 Å². The number of likely N-dealkylation sites (N-methyl/N-ethyl adjacent to an activating group) is 2. The second kappa shape index (κ2) is 35.2. The van der Waals surface area contributed by atoms with Crippen LogP contribution in [0.25, 0.3) is 22.3 Å². The number of ether oxygens (including phenoxy) is 1. The third kappa shape index (κ3) is 18.0. The van der Waals surface area contributed by atoms with Crippen LogP contribution in [0.3, 0.4) is 0 Å². The molecular formula is C92H100FN17O5. The minimum atomic E-state index is -1.20. The number of aromatic nitrogens is 1. The van der Waals surface area contributed by atoms with E-state index < -0.39 is 11.1 Å². The van der Waals surface area contributed by atoms with Gasteiger partial charge in [0.05, 0.1) is 7.11 Å². The van der Waals surface area contributed by atoms with E-state index in [4.69, 9.17) is 37.7 Å². The zero-order valence-electron chi connectivity index (χ0n) is 65.9. The van der Waals surface area contributed by atoms with Crippen molar-refractivity contribution in [1.29, 1.82) is 0 Å². The Morgan fingerprint density at radius 1 is 0.470 bits per heavy atom. The number of amides is 6. The lowest BCUT2D eigenvalue weighted by atomic mass is 9.82. The first kappa shape index (κ1) is 79.9. The highest BCUT2D eigenvalue weighted by molar-refractivity contribution is 6.10. The lowest BCUT2D eigenvalue weighted by Crippen LogP contribution is -2.49. The SMILES string of the molecule is CN1CC(C)(c2cccc(-c3cccnc3)c2)N=C1N.COc1ccc(NC(=O)N2CCC(CN3C(=O)C(c4ccccc4)(c4ccccc4)N=C3N)CC2)cc1.Cc1cccc(-c2cccc(C3(C)CN(C)C(N)=N3)c2)c1.NC1=NC(c2ccccc2)(c2ccccc2)C(=O)N1CC1CCN(C(=O)NCc2cccc(F)c2)CC1. The first-order valence-electron chi connectivity index (χ1n) is 38.9. The van der Waals surface area contributed by atoms with E-state index in [2.05, 4.69) is 125 Å². The van der Waals surface area contributed by atoms with E-state index in [0.717, 1.165) is 83.6 Å². The number of nitrogens with zero attached hydrogens (tertiary/aromatic N) is 11. The van der Waals surface area contributed by atoms with Crippen LogP contribution in [0.4, 0.5) is 19.7 Å². The maximum atomic E-state index is 14.0. The highest BCUT2D eigenvalue weighted by atomic mass is 19.1. The van der Waals surface area contributed by atoms with Crippen LogP contribution in [-0.2, 0) is 38.3 Å². The number of piperidine rings is 2. The molecule has 590 valence electrons. The summed E-state index contributed by atoms with van der Waals surface area (Å²) >= 11 is 0. The Morgan fingerprint density at radius 3 is 1.29 bits per heavy atom. The number of aryl methyl sites for hydroxylation is 1. The predicted octanol–water partition coefficient (Wildman–Crippen LogP) is 13.2. The number of hydrogen-bond acceptors (Lipinski definition) is 16. The Balaban J connectivity index is 0.000000139. The smallest absolute Gasteiger partial charge is 0.321 e. The summed E-state index contributed by atoms with van der Waals surface area (Å²) in [5, 5.41) is 5.80. The van der Waals surface area contributed by atoms with Crippen LogP contribution in [-0.4, -0.2) is 156 Å². The molecule has 6 aliphatic rings. The van der Waals surface area contributed by atoms with Crippen LogP contribution in [0.1, 0.15) is 84.0 Å². The van der Waals surface area contributed by atoms with Gasteiger partial charge < -0.3 is 57.9 Å². The standard InChI is InChI=1S/C29H30FN5O2.C29H31N5O3.C18H21N3.C16H18N4/c30-25-13-7-8-22(18-25)19-32-28(37)34-16-14-21(15-17-34)20-35-26(36)29(33-27(35)31,23-9-3-1-4-10-23)24-11-5-2-6-12-24;1-37-25-14-12-24(13-15-25)31-28(36)33-18-16-21(17-19-33)20-34-26(35)29(32-27(34)30,22-8-4-2-5-9-22)23-10-6-3-7-11-23;1-13-6-4-7-14(10-13)15-8-5-9-16(11-15)18(2)12-21(3)17(19)20-18;1-16(11-20(2)15(17)19-16)14-7-3-5-12(9-14)13-6-4-8-18-10-13/h1-13,18,21H,14-17,19-20H2,(H2,31,33)(H,32,37);2-15,21H,16-20H2,1H3,(H2,30,32)(H,31,36);4-11H,12H2,1-3H3,(H2,19,20);3-10H,11H2,1-2H3,(H2,17,19). The largest absolute Gasteiger partial charge is 0.497 e. The number of guanidine groups is 4. The summed E-state index contributed by atoms with van der Waals surface area (Å²) in [6, 6.07) is 81.0. The zero-order valence-corrected chi connectivity index (χ0v) is 65.9. The fourth-order valence-electron chi connectivity index (χ4n) is 15.9. The third-order valence-electron chi connectivity index (χ3n) is 22.3. The van der Waals surface area contributed by atoms with E-state index in [1.165, 1.54) is 39.9 Å². The second-order valence-electron chi connectivity index (χ2n) is 30.4. The van der Waals surface area contributed by atoms with Crippen LogP contribution in [0, 0.1) is 24.6 Å². The Bertz CT molecular complexity index is 5100. The van der Waals surface area contributed by atoms with Crippen molar-refractivity contribution in [2.24, 2.45) is 54.7 Å². The Kier molecular flexibility index (Phi) is 24.5. The average molecular weight is 1540 g/mol. The van der Waals surface area contributed by atoms with Crippen molar-refractivity contribution in [1.82, 2.24) is 39.7 Å². The van der Waals surface area contributed by atoms with Gasteiger partial charge >= 0.3 is 12.1 Å². The van der Waals surface area contributed by atoms with Crippen LogP contribution >= 0.6 is 0 Å². The molecule has 6 aliphatic heterocycles. The van der Waals surface area contributed by atoms with Gasteiger partial charge in [-0.3, -0.25) is 24.4 Å². The van der Waals surface area contributed by atoms with E-state index in [1.807, 2.05) is 187 Å². The predicted molar refractivity (Wildman–Crippen MR) is 453 cm³/mol. The number of nitrogens with two attached hydrogens (primary N) is 4. The number of carbonyl (C=O) groups excluding carboxylic acids is 4. The van der Waals surface area contributed by atoms with Gasteiger partial charge in [-0.2, -0.15) is 0 Å². The van der Waals surface area contributed by atoms with Gasteiger partial charge in [-0.05, 0) is 174 Å². The van der Waals surface area contributed by atoms with Crippen LogP contribution in [0.5, 0.6) is 5.75 Å². The molecule has 1 aromatic heterocycles. The molecular weight excluding hydrogens is 1440 g/mol. The number of halogens is 1. The van der Waals surface area contributed by atoms with Gasteiger partial charge in [0.2, 0.25) is 0 Å². The van der Waals surface area contributed by atoms with Crippen molar-refractivity contribution in [3.63, 3.8) is 0 Å². The molecule has 10 aromatic rings. The number of nitrogens with one attached hydrogen (secondary N) is 2. The molecule has 0 radical (unpaired) electrons. The fraction of sp³-hybridized carbons (Fsp3) is 0.272. The lowest BCUT2D eigenvalue weighted by molar-refractivity contribution is -0.131. The highest BCUT2D eigenvalue weighted by Gasteiger charge is 2.53. The summed E-state index contributed by atoms with van der Waals surface area (Å²) in [4.78, 5) is 87.1. The minimum absolute atomic E-state index is 0.130. The quantitative estimate of drug-likeness (QED) is 0.0527. The highest BCUT2D eigenvalue weighted by Crippen LogP contribution is 2.43. The number of urea groups is 2. The Hall–Kier alpha value is -13.2. The Labute approximate surface area is 672 Å². The molecule has 2 fully saturated rings. The van der Waals surface area contributed by atoms with Crippen molar-refractivity contribution in [3.05, 3.63) is 318 Å². The minimum Gasteiger partial charge on any atom is -0.497 e. The fourth-order valence-corrected chi connectivity index (χ4v) is 15.9. The topological polar surface area (TPSA) is 287 Å². The van der Waals surface area contributed by atoms with Gasteiger partial charge in [0.15, 0.2) is 34.9 Å². The summed E-state index contributed by atoms with van der Waals surface area (Å²) in [6.07, 6.45) is 6.70. The molecule has 9 aromatic carbocycles. The summed E-state index contributed by atoms with van der Waals surface area (Å²) in [5.74, 6) is 2.18. The number of pyridine rings is 1. The molecule has 23 heteroatoms. The van der Waals surface area contributed by atoms with E-state index in [0.29, 0.717) is 56.8 Å². The summed E-state index contributed by atoms with van der Waals surface area (Å²) < 4.78 is 18.6. The number of hydrogen-bond donors (Lipinski definition) is 6. The number of benzene rings is 9. The average Bonchev–Trinajstić information content (AvgIpc) is 1.59. The van der Waals surface area contributed by atoms with Gasteiger partial charge in [0.1, 0.15) is 22.6 Å². The number of carbonyl (C=O) groups is 4. The molecule has 7 heterocycles. The third-order valence-corrected chi connectivity index (χ3v) is 22.3. The van der Waals surface area contributed by atoms with Gasteiger partial charge in [0, 0.05) is 91.1 Å². The van der Waals surface area contributed by atoms with Gasteiger partial charge in [-0.25, -0.2) is 33.9 Å². The van der Waals surface area contributed by atoms with Crippen molar-refractivity contribution < 1.29 is 28.3 Å². The molecule has 2 unspecified atom stereocenters. The Morgan fingerprint density at radius 2 is 0.878 bits per heavy atom. The van der Waals surface area contributed by atoms with Crippen LogP contribution in [0.2, 0.25) is 0 Å². The van der Waals surface area contributed by atoms with E-state index in [-0.39, 0.29) is 71.1 Å². The zero-order chi connectivity index (χ0) is 80.9. The van der Waals surface area contributed by atoms with Crippen LogP contribution < -0.4 is 38.3 Å².